The van der Waals surface area contributed by atoms with Crippen LogP contribution in [0.4, 0.5) is 0 Å². The van der Waals surface area contributed by atoms with Gasteiger partial charge in [-0.3, -0.25) is 9.59 Å². The van der Waals surface area contributed by atoms with Crippen LogP contribution in [0.15, 0.2) is 0 Å². The first kappa shape index (κ1) is 22.1. The quantitative estimate of drug-likeness (QED) is 0.755. The zero-order valence-electron chi connectivity index (χ0n) is 14.3. The molecular formula is C16H31ClN2O4. The van der Waals surface area contributed by atoms with E-state index in [2.05, 4.69) is 15.0 Å². The summed E-state index contributed by atoms with van der Waals surface area (Å²) >= 11 is 0. The molecular weight excluding hydrogens is 320 g/mol. The van der Waals surface area contributed by atoms with Gasteiger partial charge in [-0.15, -0.1) is 12.4 Å². The number of rotatable bonds is 4. The van der Waals surface area contributed by atoms with E-state index in [-0.39, 0.29) is 24.4 Å². The van der Waals surface area contributed by atoms with Crippen LogP contribution < -0.4 is 5.32 Å². The summed E-state index contributed by atoms with van der Waals surface area (Å²) in [5, 5.41) is 11.8. The Labute approximate surface area is 145 Å². The molecule has 0 bridgehead atoms. The molecule has 2 fully saturated rings. The lowest BCUT2D eigenvalue weighted by Crippen LogP contribution is -2.37. The number of carboxylic acids is 1. The Hall–Kier alpha value is -0.850. The first-order chi connectivity index (χ1) is 10.5. The molecule has 7 heteroatoms. The van der Waals surface area contributed by atoms with E-state index in [1.54, 1.807) is 0 Å². The van der Waals surface area contributed by atoms with Gasteiger partial charge in [-0.05, 0) is 45.8 Å². The van der Waals surface area contributed by atoms with Crippen molar-refractivity contribution in [2.24, 2.45) is 0 Å². The highest BCUT2D eigenvalue weighted by atomic mass is 35.5. The van der Waals surface area contributed by atoms with Gasteiger partial charge in [-0.1, -0.05) is 12.8 Å². The van der Waals surface area contributed by atoms with E-state index in [1.807, 2.05) is 7.05 Å². The smallest absolute Gasteiger partial charge is 0.307 e. The molecule has 2 saturated heterocycles. The number of carboxylic acid groups (broad SMARTS) is 1. The zero-order valence-corrected chi connectivity index (χ0v) is 15.1. The highest BCUT2D eigenvalue weighted by Gasteiger charge is 2.20. The minimum atomic E-state index is -0.677. The number of likely N-dealkylation sites (tertiary alicyclic amines) is 1. The largest absolute Gasteiger partial charge is 0.481 e. The maximum atomic E-state index is 10.8. The molecule has 0 spiro atoms. The van der Waals surface area contributed by atoms with Crippen molar-refractivity contribution in [2.75, 3.05) is 27.2 Å². The van der Waals surface area contributed by atoms with Crippen molar-refractivity contribution < 1.29 is 19.4 Å². The molecule has 2 aliphatic rings. The highest BCUT2D eigenvalue weighted by molar-refractivity contribution is 5.85. The van der Waals surface area contributed by atoms with Gasteiger partial charge in [0, 0.05) is 12.1 Å². The zero-order chi connectivity index (χ0) is 16.4. The van der Waals surface area contributed by atoms with E-state index >= 15 is 0 Å². The molecule has 2 atom stereocenters. The first-order valence-electron chi connectivity index (χ1n) is 8.25. The predicted octanol–water partition coefficient (Wildman–Crippen LogP) is 2.06. The Balaban J connectivity index is 0.000000403. The third kappa shape index (κ3) is 9.79. The summed E-state index contributed by atoms with van der Waals surface area (Å²) in [7, 11) is 3.44. The van der Waals surface area contributed by atoms with E-state index in [9.17, 15) is 9.59 Å². The fourth-order valence-corrected chi connectivity index (χ4v) is 2.99. The van der Waals surface area contributed by atoms with E-state index in [1.165, 1.54) is 32.8 Å². The van der Waals surface area contributed by atoms with E-state index in [4.69, 9.17) is 5.11 Å². The van der Waals surface area contributed by atoms with Gasteiger partial charge in [0.1, 0.15) is 0 Å². The van der Waals surface area contributed by atoms with Crippen molar-refractivity contribution in [2.45, 2.75) is 63.5 Å². The fraction of sp³-hybridized carbons (Fsp3) is 0.875. The standard InChI is InChI=1S/2C8H15NO2.ClH/c1-11-8(10)6-7-4-2-3-5-9-7;1-9-5-3-2-4-7(9)6-8(10)11;/h7,9H,2-6H2,1H3;7H,2-6H2,1H3,(H,10,11);1H. The van der Waals surface area contributed by atoms with Gasteiger partial charge in [0.25, 0.3) is 0 Å². The topological polar surface area (TPSA) is 78.9 Å². The molecule has 6 nitrogen and oxygen atoms in total. The number of methoxy groups -OCH3 is 1. The summed E-state index contributed by atoms with van der Waals surface area (Å²) in [6, 6.07) is 0.637. The average Bonchev–Trinajstić information content (AvgIpc) is 2.51. The predicted molar refractivity (Wildman–Crippen MR) is 92.0 cm³/mol. The monoisotopic (exact) mass is 350 g/mol. The maximum Gasteiger partial charge on any atom is 0.307 e. The second kappa shape index (κ2) is 12.6. The maximum absolute atomic E-state index is 10.8. The highest BCUT2D eigenvalue weighted by Crippen LogP contribution is 2.17. The molecule has 0 aromatic heterocycles. The molecule has 2 unspecified atom stereocenters. The Kier molecular flexibility index (Phi) is 12.1. The molecule has 23 heavy (non-hydrogen) atoms. The number of nitrogens with one attached hydrogen (secondary N) is 1. The second-order valence-corrected chi connectivity index (χ2v) is 6.16. The number of hydrogen-bond donors (Lipinski definition) is 2. The summed E-state index contributed by atoms with van der Waals surface area (Å²) in [5.74, 6) is -0.784. The van der Waals surface area contributed by atoms with Gasteiger partial charge in [0.05, 0.1) is 20.0 Å². The number of hydrogen-bond acceptors (Lipinski definition) is 5. The Morgan fingerprint density at radius 1 is 1.17 bits per heavy atom. The number of halogens is 1. The normalized spacial score (nSPS) is 24.6. The Morgan fingerprint density at radius 3 is 2.39 bits per heavy atom. The second-order valence-electron chi connectivity index (χ2n) is 6.16. The molecule has 0 aliphatic carbocycles. The van der Waals surface area contributed by atoms with Crippen molar-refractivity contribution in [3.8, 4) is 0 Å². The van der Waals surface area contributed by atoms with E-state index in [0.717, 1.165) is 25.9 Å². The summed E-state index contributed by atoms with van der Waals surface area (Å²) in [6.07, 6.45) is 7.84. The Morgan fingerprint density at radius 2 is 1.87 bits per heavy atom. The van der Waals surface area contributed by atoms with Crippen molar-refractivity contribution in [3.05, 3.63) is 0 Å². The third-order valence-corrected chi connectivity index (χ3v) is 4.38. The van der Waals surface area contributed by atoms with Crippen molar-refractivity contribution in [1.29, 1.82) is 0 Å². The van der Waals surface area contributed by atoms with Gasteiger partial charge in [0.15, 0.2) is 0 Å². The number of piperidine rings is 2. The van der Waals surface area contributed by atoms with Crippen LogP contribution in [0.1, 0.15) is 51.4 Å². The van der Waals surface area contributed by atoms with Gasteiger partial charge in [-0.25, -0.2) is 0 Å². The van der Waals surface area contributed by atoms with Crippen molar-refractivity contribution in [1.82, 2.24) is 10.2 Å². The lowest BCUT2D eigenvalue weighted by Gasteiger charge is -2.31. The van der Waals surface area contributed by atoms with Crippen LogP contribution in [-0.4, -0.2) is 61.3 Å². The van der Waals surface area contributed by atoms with Gasteiger partial charge >= 0.3 is 11.9 Å². The van der Waals surface area contributed by atoms with Crippen LogP contribution in [0, 0.1) is 0 Å². The van der Waals surface area contributed by atoms with Crippen LogP contribution in [0.2, 0.25) is 0 Å². The van der Waals surface area contributed by atoms with E-state index in [0.29, 0.717) is 18.9 Å². The SMILES string of the molecule is CN1CCCCC1CC(=O)O.COC(=O)CC1CCCCN1.Cl. The molecule has 0 saturated carbocycles. The average molecular weight is 351 g/mol. The molecule has 2 N–H and O–H groups in total. The van der Waals surface area contributed by atoms with Crippen LogP contribution >= 0.6 is 12.4 Å². The van der Waals surface area contributed by atoms with Gasteiger partial charge < -0.3 is 20.1 Å². The molecule has 0 radical (unpaired) electrons. The fourth-order valence-electron chi connectivity index (χ4n) is 2.99. The summed E-state index contributed by atoms with van der Waals surface area (Å²) in [4.78, 5) is 23.4. The molecule has 0 amide bonds. The number of carbonyl (C=O) groups excluding carboxylic acids is 1. The van der Waals surface area contributed by atoms with Crippen molar-refractivity contribution in [3.63, 3.8) is 0 Å². The van der Waals surface area contributed by atoms with Crippen LogP contribution in [-0.2, 0) is 14.3 Å². The summed E-state index contributed by atoms with van der Waals surface area (Å²) in [5.41, 5.74) is 0. The molecule has 0 aromatic carbocycles. The molecule has 136 valence electrons. The third-order valence-electron chi connectivity index (χ3n) is 4.38. The van der Waals surface area contributed by atoms with Crippen LogP contribution in [0.5, 0.6) is 0 Å². The van der Waals surface area contributed by atoms with Crippen LogP contribution in [0.3, 0.4) is 0 Å². The first-order valence-corrected chi connectivity index (χ1v) is 8.25. The number of nitrogens with zero attached hydrogens (tertiary/aromatic N) is 1. The lowest BCUT2D eigenvalue weighted by atomic mass is 10.0. The number of ether oxygens (including phenoxy) is 1. The van der Waals surface area contributed by atoms with Gasteiger partial charge in [0.2, 0.25) is 0 Å². The number of carbonyl (C=O) groups is 2. The molecule has 2 rings (SSSR count). The summed E-state index contributed by atoms with van der Waals surface area (Å²) < 4.78 is 4.57. The molecule has 0 aromatic rings. The van der Waals surface area contributed by atoms with Crippen molar-refractivity contribution >= 4 is 24.3 Å². The number of esters is 1. The minimum Gasteiger partial charge on any atom is -0.481 e. The van der Waals surface area contributed by atoms with E-state index < -0.39 is 5.97 Å². The molecule has 2 heterocycles. The lowest BCUT2D eigenvalue weighted by molar-refractivity contribution is -0.141. The molecule has 2 aliphatic heterocycles. The summed E-state index contributed by atoms with van der Waals surface area (Å²) in [6.45, 7) is 2.10. The van der Waals surface area contributed by atoms with Crippen LogP contribution in [0.25, 0.3) is 0 Å². The van der Waals surface area contributed by atoms with Gasteiger partial charge in [-0.2, -0.15) is 0 Å². The minimum absolute atomic E-state index is 0. The Bertz CT molecular complexity index is 349. The number of aliphatic carboxylic acids is 1.